The van der Waals surface area contributed by atoms with E-state index in [4.69, 9.17) is 0 Å². The number of benzene rings is 2. The average Bonchev–Trinajstić information content (AvgIpc) is 2.53. The molecule has 0 aromatic heterocycles. The van der Waals surface area contributed by atoms with Crippen molar-refractivity contribution in [2.24, 2.45) is 0 Å². The first-order valence-corrected chi connectivity index (χ1v) is 7.32. The van der Waals surface area contributed by atoms with Crippen molar-refractivity contribution in [3.8, 4) is 5.75 Å². The maximum atomic E-state index is 13.3. The molecule has 2 rings (SSSR count). The number of hydrogen-bond acceptors (Lipinski definition) is 3. The fourth-order valence-electron chi connectivity index (χ4n) is 1.94. The van der Waals surface area contributed by atoms with Crippen LogP contribution in [0.2, 0.25) is 0 Å². The van der Waals surface area contributed by atoms with E-state index in [1.54, 1.807) is 12.1 Å². The van der Waals surface area contributed by atoms with Crippen LogP contribution in [0.15, 0.2) is 42.5 Å². The van der Waals surface area contributed by atoms with Gasteiger partial charge in [0.15, 0.2) is 6.61 Å². The van der Waals surface area contributed by atoms with Crippen LogP contribution in [0.5, 0.6) is 5.75 Å². The van der Waals surface area contributed by atoms with Crippen molar-refractivity contribution in [1.29, 1.82) is 0 Å². The number of aryl methyl sites for hydroxylation is 1. The topological polar surface area (TPSA) is 50.4 Å². The molecule has 0 saturated carbocycles. The minimum Gasteiger partial charge on any atom is -0.482 e. The fraction of sp³-hybridized carbons (Fsp3) is 0.235. The second-order valence-corrected chi connectivity index (χ2v) is 5.31. The lowest BCUT2D eigenvalue weighted by molar-refractivity contribution is -0.153. The first-order chi connectivity index (χ1) is 11.7. The molecule has 0 spiro atoms. The standard InChI is InChI=1S/C17H16F4N2O2/c1-11-2-5-13(6-3-11)23-16(24)9-22-14-8-12(18)4-7-15(14)25-10-17(19,20)21/h2-8,22H,9-10H2,1H3,(H,23,24). The molecule has 0 unspecified atom stereocenters. The molecule has 0 bridgehead atoms. The summed E-state index contributed by atoms with van der Waals surface area (Å²) in [6.07, 6.45) is -4.52. The van der Waals surface area contributed by atoms with Crippen LogP contribution in [-0.2, 0) is 4.79 Å². The van der Waals surface area contributed by atoms with Gasteiger partial charge in [-0.05, 0) is 31.2 Å². The molecule has 0 radical (unpaired) electrons. The first-order valence-electron chi connectivity index (χ1n) is 7.32. The highest BCUT2D eigenvalue weighted by Crippen LogP contribution is 2.27. The zero-order valence-corrected chi connectivity index (χ0v) is 13.3. The maximum Gasteiger partial charge on any atom is 0.422 e. The second kappa shape index (κ2) is 7.87. The van der Waals surface area contributed by atoms with Gasteiger partial charge in [0.25, 0.3) is 0 Å². The van der Waals surface area contributed by atoms with Crippen LogP contribution in [-0.4, -0.2) is 25.2 Å². The highest BCUT2D eigenvalue weighted by atomic mass is 19.4. The number of ether oxygens (including phenoxy) is 1. The predicted molar refractivity (Wildman–Crippen MR) is 86.2 cm³/mol. The van der Waals surface area contributed by atoms with E-state index in [1.165, 1.54) is 0 Å². The van der Waals surface area contributed by atoms with Crippen molar-refractivity contribution in [1.82, 2.24) is 0 Å². The van der Waals surface area contributed by atoms with E-state index in [0.717, 1.165) is 23.8 Å². The summed E-state index contributed by atoms with van der Waals surface area (Å²) in [6.45, 7) is 0.127. The van der Waals surface area contributed by atoms with E-state index >= 15 is 0 Å². The van der Waals surface area contributed by atoms with E-state index in [9.17, 15) is 22.4 Å². The van der Waals surface area contributed by atoms with Gasteiger partial charge in [0.05, 0.1) is 12.2 Å². The van der Waals surface area contributed by atoms with Gasteiger partial charge in [-0.15, -0.1) is 0 Å². The quantitative estimate of drug-likeness (QED) is 0.766. The molecule has 0 aliphatic carbocycles. The first kappa shape index (κ1) is 18.6. The molecule has 8 heteroatoms. The lowest BCUT2D eigenvalue weighted by Gasteiger charge is -2.14. The van der Waals surface area contributed by atoms with Crippen molar-refractivity contribution >= 4 is 17.3 Å². The summed E-state index contributed by atoms with van der Waals surface area (Å²) < 4.78 is 54.7. The van der Waals surface area contributed by atoms with Crippen LogP contribution in [0.4, 0.5) is 28.9 Å². The molecule has 25 heavy (non-hydrogen) atoms. The Balaban J connectivity index is 1.97. The third-order valence-corrected chi connectivity index (χ3v) is 3.11. The zero-order valence-electron chi connectivity index (χ0n) is 13.3. The Labute approximate surface area is 141 Å². The van der Waals surface area contributed by atoms with Gasteiger partial charge in [-0.25, -0.2) is 4.39 Å². The summed E-state index contributed by atoms with van der Waals surface area (Å²) in [4.78, 5) is 11.9. The molecule has 0 aliphatic heterocycles. The molecule has 0 atom stereocenters. The van der Waals surface area contributed by atoms with Crippen LogP contribution in [0.25, 0.3) is 0 Å². The highest BCUT2D eigenvalue weighted by molar-refractivity contribution is 5.93. The van der Waals surface area contributed by atoms with E-state index in [1.807, 2.05) is 19.1 Å². The number of alkyl halides is 3. The van der Waals surface area contributed by atoms with Crippen LogP contribution in [0.1, 0.15) is 5.56 Å². The lowest BCUT2D eigenvalue weighted by Crippen LogP contribution is -2.23. The van der Waals surface area contributed by atoms with Crippen LogP contribution in [0.3, 0.4) is 0 Å². The van der Waals surface area contributed by atoms with E-state index in [-0.39, 0.29) is 18.0 Å². The van der Waals surface area contributed by atoms with Gasteiger partial charge < -0.3 is 15.4 Å². The minimum absolute atomic E-state index is 0.0386. The zero-order chi connectivity index (χ0) is 18.4. The monoisotopic (exact) mass is 356 g/mol. The Morgan fingerprint density at radius 2 is 1.80 bits per heavy atom. The number of carbonyl (C=O) groups excluding carboxylic acids is 1. The summed E-state index contributed by atoms with van der Waals surface area (Å²) >= 11 is 0. The maximum absolute atomic E-state index is 13.3. The normalized spacial score (nSPS) is 11.1. The Bertz CT molecular complexity index is 730. The highest BCUT2D eigenvalue weighted by Gasteiger charge is 2.28. The van der Waals surface area contributed by atoms with Crippen molar-refractivity contribution in [2.45, 2.75) is 13.1 Å². The van der Waals surface area contributed by atoms with E-state index in [2.05, 4.69) is 15.4 Å². The van der Waals surface area contributed by atoms with Crippen molar-refractivity contribution in [3.05, 3.63) is 53.8 Å². The third kappa shape index (κ3) is 6.33. The number of halogens is 4. The molecule has 2 aromatic carbocycles. The number of rotatable bonds is 6. The molecule has 2 N–H and O–H groups in total. The predicted octanol–water partition coefficient (Wildman–Crippen LogP) is 4.13. The molecular weight excluding hydrogens is 340 g/mol. The van der Waals surface area contributed by atoms with Crippen LogP contribution >= 0.6 is 0 Å². The van der Waals surface area contributed by atoms with Gasteiger partial charge in [0.1, 0.15) is 11.6 Å². The molecule has 0 saturated heterocycles. The number of carbonyl (C=O) groups is 1. The minimum atomic E-state index is -4.52. The van der Waals surface area contributed by atoms with Crippen molar-refractivity contribution < 1.29 is 27.1 Å². The molecule has 134 valence electrons. The number of amides is 1. The molecule has 4 nitrogen and oxygen atoms in total. The Morgan fingerprint density at radius 3 is 2.44 bits per heavy atom. The Hall–Kier alpha value is -2.77. The van der Waals surface area contributed by atoms with Crippen LogP contribution in [0, 0.1) is 12.7 Å². The second-order valence-electron chi connectivity index (χ2n) is 5.31. The van der Waals surface area contributed by atoms with Crippen molar-refractivity contribution in [3.63, 3.8) is 0 Å². The molecule has 0 aliphatic rings. The average molecular weight is 356 g/mol. The van der Waals surface area contributed by atoms with Gasteiger partial charge in [0, 0.05) is 11.8 Å². The Morgan fingerprint density at radius 1 is 1.12 bits per heavy atom. The molecule has 0 heterocycles. The summed E-state index contributed by atoms with van der Waals surface area (Å²) in [7, 11) is 0. The summed E-state index contributed by atoms with van der Waals surface area (Å²) in [5, 5.41) is 5.19. The van der Waals surface area contributed by atoms with Gasteiger partial charge in [0.2, 0.25) is 5.91 Å². The summed E-state index contributed by atoms with van der Waals surface area (Å²) in [5.74, 6) is -1.29. The lowest BCUT2D eigenvalue weighted by atomic mass is 10.2. The fourth-order valence-corrected chi connectivity index (χ4v) is 1.94. The van der Waals surface area contributed by atoms with Gasteiger partial charge >= 0.3 is 6.18 Å². The number of hydrogen-bond donors (Lipinski definition) is 2. The largest absolute Gasteiger partial charge is 0.482 e. The van der Waals surface area contributed by atoms with Gasteiger partial charge in [-0.1, -0.05) is 17.7 Å². The van der Waals surface area contributed by atoms with E-state index in [0.29, 0.717) is 5.69 Å². The SMILES string of the molecule is Cc1ccc(NC(=O)CNc2cc(F)ccc2OCC(F)(F)F)cc1. The van der Waals surface area contributed by atoms with E-state index < -0.39 is 24.5 Å². The molecular formula is C17H16F4N2O2. The molecule has 1 amide bonds. The smallest absolute Gasteiger partial charge is 0.422 e. The van der Waals surface area contributed by atoms with Crippen molar-refractivity contribution in [2.75, 3.05) is 23.8 Å². The summed E-state index contributed by atoms with van der Waals surface area (Å²) in [5.41, 5.74) is 1.57. The van der Waals surface area contributed by atoms with Gasteiger partial charge in [-0.2, -0.15) is 13.2 Å². The molecule has 0 fully saturated rings. The summed E-state index contributed by atoms with van der Waals surface area (Å²) in [6, 6.07) is 10.1. The number of nitrogens with one attached hydrogen (secondary N) is 2. The third-order valence-electron chi connectivity index (χ3n) is 3.11. The Kier molecular flexibility index (Phi) is 5.84. The number of anilines is 2. The van der Waals surface area contributed by atoms with Gasteiger partial charge in [-0.3, -0.25) is 4.79 Å². The molecule has 2 aromatic rings. The van der Waals surface area contributed by atoms with Crippen LogP contribution < -0.4 is 15.4 Å².